The van der Waals surface area contributed by atoms with Gasteiger partial charge in [-0.2, -0.15) is 0 Å². The molecular formula is C24H18Cl2N4O3. The average Bonchev–Trinajstić information content (AvgIpc) is 3.14. The number of hydrogen-bond acceptors (Lipinski definition) is 3. The van der Waals surface area contributed by atoms with Crippen LogP contribution in [0, 0.1) is 6.92 Å². The zero-order valence-electron chi connectivity index (χ0n) is 17.4. The number of carbonyl (C=O) groups is 3. The molecule has 0 saturated carbocycles. The van der Waals surface area contributed by atoms with Crippen molar-refractivity contribution in [3.63, 3.8) is 0 Å². The molecule has 7 nitrogen and oxygen atoms in total. The third kappa shape index (κ3) is 5.00. The number of aryl methyl sites for hydroxylation is 1. The Morgan fingerprint density at radius 2 is 1.55 bits per heavy atom. The van der Waals surface area contributed by atoms with Crippen molar-refractivity contribution in [3.05, 3.63) is 94.1 Å². The summed E-state index contributed by atoms with van der Waals surface area (Å²) in [5.74, 6) is -2.35. The Labute approximate surface area is 199 Å². The molecule has 9 heteroatoms. The van der Waals surface area contributed by atoms with Gasteiger partial charge in [-0.3, -0.25) is 19.8 Å². The molecule has 0 bridgehead atoms. The molecule has 1 heterocycles. The van der Waals surface area contributed by atoms with Crippen LogP contribution in [-0.2, 0) is 9.59 Å². The van der Waals surface area contributed by atoms with Crippen LogP contribution in [0.3, 0.4) is 0 Å². The quantitative estimate of drug-likeness (QED) is 0.349. The highest BCUT2D eigenvalue weighted by Crippen LogP contribution is 2.24. The van der Waals surface area contributed by atoms with Gasteiger partial charge in [0.2, 0.25) is 0 Å². The van der Waals surface area contributed by atoms with E-state index in [0.29, 0.717) is 32.3 Å². The van der Waals surface area contributed by atoms with Crippen molar-refractivity contribution < 1.29 is 14.4 Å². The maximum Gasteiger partial charge on any atom is 0.328 e. The largest absolute Gasteiger partial charge is 0.328 e. The van der Waals surface area contributed by atoms with E-state index in [1.165, 1.54) is 4.68 Å². The molecule has 0 aliphatic carbocycles. The van der Waals surface area contributed by atoms with Crippen molar-refractivity contribution in [1.82, 2.24) is 4.68 Å². The summed E-state index contributed by atoms with van der Waals surface area (Å²) < 4.78 is 1.26. The first-order valence-corrected chi connectivity index (χ1v) is 10.6. The lowest BCUT2D eigenvalue weighted by atomic mass is 10.2. The van der Waals surface area contributed by atoms with Gasteiger partial charge < -0.3 is 10.6 Å². The molecule has 0 aliphatic heterocycles. The molecule has 0 unspecified atom stereocenters. The standard InChI is InChI=1S/C24H18Cl2N4O3/c1-14-7-9-18(13-19(14)26)28-23(32)24(33)29-30-20-10-8-16(25)11-15(20)12-21(30)22(31)27-17-5-3-2-4-6-17/h2-13H,1H3,(H,27,31)(H,28,32)(H,29,33). The zero-order valence-corrected chi connectivity index (χ0v) is 18.9. The lowest BCUT2D eigenvalue weighted by molar-refractivity contribution is -0.133. The van der Waals surface area contributed by atoms with Gasteiger partial charge in [-0.1, -0.05) is 47.5 Å². The number of nitrogens with one attached hydrogen (secondary N) is 3. The normalized spacial score (nSPS) is 10.6. The molecule has 3 N–H and O–H groups in total. The van der Waals surface area contributed by atoms with Crippen LogP contribution in [0.2, 0.25) is 10.0 Å². The van der Waals surface area contributed by atoms with Crippen molar-refractivity contribution in [1.29, 1.82) is 0 Å². The molecule has 0 radical (unpaired) electrons. The second kappa shape index (κ2) is 9.36. The Hall–Kier alpha value is -3.81. The number of fused-ring (bicyclic) bond motifs is 1. The summed E-state index contributed by atoms with van der Waals surface area (Å²) in [6.07, 6.45) is 0. The van der Waals surface area contributed by atoms with Gasteiger partial charge in [0.25, 0.3) is 5.91 Å². The zero-order chi connectivity index (χ0) is 23.5. The molecule has 166 valence electrons. The summed E-state index contributed by atoms with van der Waals surface area (Å²) in [6.45, 7) is 1.83. The minimum absolute atomic E-state index is 0.121. The number of para-hydroxylation sites is 1. The fourth-order valence-corrected chi connectivity index (χ4v) is 3.56. The van der Waals surface area contributed by atoms with Crippen LogP contribution in [0.1, 0.15) is 16.1 Å². The van der Waals surface area contributed by atoms with E-state index >= 15 is 0 Å². The highest BCUT2D eigenvalue weighted by molar-refractivity contribution is 6.42. The summed E-state index contributed by atoms with van der Waals surface area (Å²) >= 11 is 12.2. The number of amides is 3. The van der Waals surface area contributed by atoms with Crippen LogP contribution in [0.25, 0.3) is 10.9 Å². The second-order valence-electron chi connectivity index (χ2n) is 7.25. The molecule has 0 saturated heterocycles. The van der Waals surface area contributed by atoms with Crippen LogP contribution in [-0.4, -0.2) is 22.4 Å². The Balaban J connectivity index is 1.62. The van der Waals surface area contributed by atoms with E-state index in [-0.39, 0.29) is 5.69 Å². The van der Waals surface area contributed by atoms with Crippen LogP contribution in [0.4, 0.5) is 11.4 Å². The maximum atomic E-state index is 13.0. The summed E-state index contributed by atoms with van der Waals surface area (Å²) in [7, 11) is 0. The monoisotopic (exact) mass is 480 g/mol. The molecule has 1 aromatic heterocycles. The summed E-state index contributed by atoms with van der Waals surface area (Å²) in [6, 6.07) is 20.3. The fraction of sp³-hybridized carbons (Fsp3) is 0.0417. The van der Waals surface area contributed by atoms with Crippen molar-refractivity contribution >= 4 is 63.2 Å². The summed E-state index contributed by atoms with van der Waals surface area (Å²) in [5.41, 5.74) is 4.90. The van der Waals surface area contributed by atoms with Crippen molar-refractivity contribution in [2.45, 2.75) is 6.92 Å². The predicted molar refractivity (Wildman–Crippen MR) is 131 cm³/mol. The molecule has 0 aliphatic rings. The van der Waals surface area contributed by atoms with Gasteiger partial charge in [0, 0.05) is 26.8 Å². The first kappa shape index (κ1) is 22.4. The fourth-order valence-electron chi connectivity index (χ4n) is 3.20. The number of anilines is 2. The molecule has 0 fully saturated rings. The van der Waals surface area contributed by atoms with Gasteiger partial charge in [0.1, 0.15) is 5.69 Å². The molecule has 0 spiro atoms. The van der Waals surface area contributed by atoms with E-state index in [1.807, 2.05) is 13.0 Å². The van der Waals surface area contributed by atoms with Crippen molar-refractivity contribution in [2.75, 3.05) is 16.1 Å². The van der Waals surface area contributed by atoms with E-state index in [4.69, 9.17) is 23.2 Å². The summed E-state index contributed by atoms with van der Waals surface area (Å²) in [5, 5.41) is 6.81. The molecule has 33 heavy (non-hydrogen) atoms. The van der Waals surface area contributed by atoms with Gasteiger partial charge >= 0.3 is 11.8 Å². The van der Waals surface area contributed by atoms with Crippen molar-refractivity contribution in [2.24, 2.45) is 0 Å². The Morgan fingerprint density at radius 1 is 0.788 bits per heavy atom. The topological polar surface area (TPSA) is 92.2 Å². The first-order valence-electron chi connectivity index (χ1n) is 9.88. The second-order valence-corrected chi connectivity index (χ2v) is 8.09. The van der Waals surface area contributed by atoms with E-state index < -0.39 is 17.7 Å². The third-order valence-electron chi connectivity index (χ3n) is 4.88. The minimum Gasteiger partial charge on any atom is -0.321 e. The summed E-state index contributed by atoms with van der Waals surface area (Å²) in [4.78, 5) is 38.1. The van der Waals surface area contributed by atoms with Crippen molar-refractivity contribution in [3.8, 4) is 0 Å². The molecular weight excluding hydrogens is 463 g/mol. The number of hydrogen-bond donors (Lipinski definition) is 3. The molecule has 3 aromatic carbocycles. The number of nitrogens with zero attached hydrogens (tertiary/aromatic N) is 1. The first-order chi connectivity index (χ1) is 15.8. The minimum atomic E-state index is -0.965. The lowest BCUT2D eigenvalue weighted by Gasteiger charge is -2.13. The molecule has 0 atom stereocenters. The Bertz CT molecular complexity index is 1380. The highest BCUT2D eigenvalue weighted by atomic mass is 35.5. The lowest BCUT2D eigenvalue weighted by Crippen LogP contribution is -2.36. The van der Waals surface area contributed by atoms with E-state index in [9.17, 15) is 14.4 Å². The SMILES string of the molecule is Cc1ccc(NC(=O)C(=O)Nn2c(C(=O)Nc3ccccc3)cc3cc(Cl)ccc32)cc1Cl. The smallest absolute Gasteiger partial charge is 0.321 e. The average molecular weight is 481 g/mol. The van der Waals surface area contributed by atoms with Gasteiger partial charge in [-0.05, 0) is 61.0 Å². The maximum absolute atomic E-state index is 13.0. The molecule has 4 rings (SSSR count). The van der Waals surface area contributed by atoms with E-state index in [2.05, 4.69) is 16.1 Å². The van der Waals surface area contributed by atoms with Gasteiger partial charge in [0.15, 0.2) is 0 Å². The third-order valence-corrected chi connectivity index (χ3v) is 5.52. The number of halogens is 2. The number of benzene rings is 3. The number of rotatable bonds is 4. The Morgan fingerprint density at radius 3 is 2.27 bits per heavy atom. The van der Waals surface area contributed by atoms with Crippen LogP contribution in [0.15, 0.2) is 72.8 Å². The van der Waals surface area contributed by atoms with E-state index in [0.717, 1.165) is 5.56 Å². The van der Waals surface area contributed by atoms with E-state index in [1.54, 1.807) is 66.7 Å². The number of aromatic nitrogens is 1. The Kier molecular flexibility index (Phi) is 6.35. The van der Waals surface area contributed by atoms with Crippen LogP contribution in [0.5, 0.6) is 0 Å². The molecule has 3 amide bonds. The van der Waals surface area contributed by atoms with Gasteiger partial charge in [-0.25, -0.2) is 4.68 Å². The number of carbonyl (C=O) groups excluding carboxylic acids is 3. The highest BCUT2D eigenvalue weighted by Gasteiger charge is 2.21. The van der Waals surface area contributed by atoms with Crippen LogP contribution >= 0.6 is 23.2 Å². The predicted octanol–water partition coefficient (Wildman–Crippen LogP) is 5.22. The van der Waals surface area contributed by atoms with Gasteiger partial charge in [0.05, 0.1) is 5.52 Å². The molecule has 4 aromatic rings. The van der Waals surface area contributed by atoms with Crippen LogP contribution < -0.4 is 16.1 Å². The van der Waals surface area contributed by atoms with Gasteiger partial charge in [-0.15, -0.1) is 0 Å².